The lowest BCUT2D eigenvalue weighted by Gasteiger charge is -2.46. The highest BCUT2D eigenvalue weighted by Crippen LogP contribution is 2.63. The van der Waals surface area contributed by atoms with Crippen LogP contribution >= 0.6 is 23.5 Å². The highest BCUT2D eigenvalue weighted by Gasteiger charge is 2.57. The van der Waals surface area contributed by atoms with Crippen molar-refractivity contribution in [2.75, 3.05) is 11.5 Å². The summed E-state index contributed by atoms with van der Waals surface area (Å²) in [4.78, 5) is 25.1. The Morgan fingerprint density at radius 3 is 2.65 bits per heavy atom. The predicted molar refractivity (Wildman–Crippen MR) is 83.2 cm³/mol. The molecule has 2 atom stereocenters. The van der Waals surface area contributed by atoms with Gasteiger partial charge in [-0.1, -0.05) is 24.3 Å². The highest BCUT2D eigenvalue weighted by molar-refractivity contribution is 8.20. The average molecular weight is 304 g/mol. The fourth-order valence-electron chi connectivity index (χ4n) is 3.95. The number of thioether (sulfide) groups is 2. The summed E-state index contributed by atoms with van der Waals surface area (Å²) in [6, 6.07) is 7.96. The van der Waals surface area contributed by atoms with Crippen molar-refractivity contribution in [1.82, 2.24) is 0 Å². The van der Waals surface area contributed by atoms with Gasteiger partial charge in [0.05, 0.1) is 10.00 Å². The number of benzene rings is 1. The van der Waals surface area contributed by atoms with Gasteiger partial charge in [0.2, 0.25) is 0 Å². The molecule has 3 aliphatic rings. The first-order valence-corrected chi connectivity index (χ1v) is 9.15. The van der Waals surface area contributed by atoms with E-state index in [-0.39, 0.29) is 27.5 Å². The summed E-state index contributed by atoms with van der Waals surface area (Å²) in [5.74, 6) is 2.30. The number of rotatable bonds is 0. The van der Waals surface area contributed by atoms with E-state index in [1.165, 1.54) is 5.56 Å². The second kappa shape index (κ2) is 4.63. The maximum Gasteiger partial charge on any atom is 0.174 e. The van der Waals surface area contributed by atoms with E-state index in [2.05, 4.69) is 6.07 Å². The van der Waals surface area contributed by atoms with E-state index >= 15 is 0 Å². The van der Waals surface area contributed by atoms with E-state index in [1.54, 1.807) is 0 Å². The van der Waals surface area contributed by atoms with Crippen LogP contribution in [0, 0.1) is 11.8 Å². The Labute approximate surface area is 127 Å². The Balaban J connectivity index is 1.95. The standard InChI is InChI=1S/C16H16O2S2/c17-13-7-3-6-12-14(13)15(18)10-4-1-2-5-11(10)16(12)19-8-9-20-16/h1-2,4-5,12,14H,3,6-9H2. The van der Waals surface area contributed by atoms with Crippen LogP contribution in [0.3, 0.4) is 0 Å². The fraction of sp³-hybridized carbons (Fsp3) is 0.500. The molecule has 0 bridgehead atoms. The van der Waals surface area contributed by atoms with Gasteiger partial charge in [-0.15, -0.1) is 23.5 Å². The van der Waals surface area contributed by atoms with E-state index in [0.29, 0.717) is 6.42 Å². The largest absolute Gasteiger partial charge is 0.299 e. The van der Waals surface area contributed by atoms with Gasteiger partial charge < -0.3 is 0 Å². The van der Waals surface area contributed by atoms with Gasteiger partial charge in [-0.2, -0.15) is 0 Å². The maximum absolute atomic E-state index is 12.8. The number of ketones is 2. The zero-order chi connectivity index (χ0) is 13.7. The predicted octanol–water partition coefficient (Wildman–Crippen LogP) is 3.50. The summed E-state index contributed by atoms with van der Waals surface area (Å²) in [7, 11) is 0. The first-order chi connectivity index (χ1) is 9.74. The molecule has 0 N–H and O–H groups in total. The lowest BCUT2D eigenvalue weighted by molar-refractivity contribution is -0.125. The monoisotopic (exact) mass is 304 g/mol. The Morgan fingerprint density at radius 2 is 1.85 bits per heavy atom. The molecule has 1 aromatic rings. The van der Waals surface area contributed by atoms with E-state index < -0.39 is 0 Å². The Kier molecular flexibility index (Phi) is 3.00. The molecule has 2 aliphatic carbocycles. The molecule has 4 rings (SSSR count). The quantitative estimate of drug-likeness (QED) is 0.687. The Hall–Kier alpha value is -0.740. The van der Waals surface area contributed by atoms with E-state index in [9.17, 15) is 9.59 Å². The average Bonchev–Trinajstić information content (AvgIpc) is 2.96. The molecule has 2 unspecified atom stereocenters. The van der Waals surface area contributed by atoms with Crippen LogP contribution in [0.25, 0.3) is 0 Å². The molecule has 20 heavy (non-hydrogen) atoms. The third-order valence-corrected chi connectivity index (χ3v) is 8.43. The van der Waals surface area contributed by atoms with Crippen LogP contribution in [0.15, 0.2) is 24.3 Å². The van der Waals surface area contributed by atoms with Crippen LogP contribution in [0.1, 0.15) is 35.2 Å². The minimum absolute atomic E-state index is 0.0503. The number of carbonyl (C=O) groups excluding carboxylic acids is 2. The second-order valence-corrected chi connectivity index (χ2v) is 8.66. The Bertz CT molecular complexity index is 590. The molecule has 0 amide bonds. The first-order valence-electron chi connectivity index (χ1n) is 7.18. The smallest absolute Gasteiger partial charge is 0.174 e. The van der Waals surface area contributed by atoms with Gasteiger partial charge in [0, 0.05) is 29.4 Å². The van der Waals surface area contributed by atoms with Crippen LogP contribution < -0.4 is 0 Å². The van der Waals surface area contributed by atoms with Crippen molar-refractivity contribution in [2.45, 2.75) is 23.3 Å². The third-order valence-electron chi connectivity index (χ3n) is 4.74. The van der Waals surface area contributed by atoms with Crippen molar-refractivity contribution in [3.8, 4) is 0 Å². The maximum atomic E-state index is 12.8. The van der Waals surface area contributed by atoms with Gasteiger partial charge in [-0.25, -0.2) is 0 Å². The zero-order valence-electron chi connectivity index (χ0n) is 11.1. The molecule has 1 aliphatic heterocycles. The van der Waals surface area contributed by atoms with Gasteiger partial charge in [-0.05, 0) is 18.4 Å². The van der Waals surface area contributed by atoms with Gasteiger partial charge in [0.15, 0.2) is 5.78 Å². The summed E-state index contributed by atoms with van der Waals surface area (Å²) in [5.41, 5.74) is 1.97. The molecule has 1 saturated carbocycles. The van der Waals surface area contributed by atoms with E-state index in [0.717, 1.165) is 29.9 Å². The van der Waals surface area contributed by atoms with Crippen molar-refractivity contribution < 1.29 is 9.59 Å². The summed E-state index contributed by atoms with van der Waals surface area (Å²) >= 11 is 3.91. The van der Waals surface area contributed by atoms with Crippen LogP contribution in [0.2, 0.25) is 0 Å². The molecule has 1 heterocycles. The number of hydrogen-bond donors (Lipinski definition) is 0. The number of fused-ring (bicyclic) bond motifs is 4. The first kappa shape index (κ1) is 13.0. The normalized spacial score (nSPS) is 31.2. The van der Waals surface area contributed by atoms with Crippen LogP contribution in [-0.2, 0) is 8.87 Å². The van der Waals surface area contributed by atoms with E-state index in [1.807, 2.05) is 41.7 Å². The lowest BCUT2D eigenvalue weighted by atomic mass is 9.67. The summed E-state index contributed by atoms with van der Waals surface area (Å²) in [6.07, 6.45) is 2.54. The lowest BCUT2D eigenvalue weighted by Crippen LogP contribution is -2.48. The molecule has 0 radical (unpaired) electrons. The molecule has 2 nitrogen and oxygen atoms in total. The number of carbonyl (C=O) groups is 2. The third kappa shape index (κ3) is 1.61. The van der Waals surface area contributed by atoms with Crippen molar-refractivity contribution in [2.24, 2.45) is 11.8 Å². The number of hydrogen-bond acceptors (Lipinski definition) is 4. The molecule has 104 valence electrons. The minimum Gasteiger partial charge on any atom is -0.299 e. The van der Waals surface area contributed by atoms with Gasteiger partial charge in [0.25, 0.3) is 0 Å². The van der Waals surface area contributed by atoms with Gasteiger partial charge >= 0.3 is 0 Å². The van der Waals surface area contributed by atoms with Crippen LogP contribution in [-0.4, -0.2) is 23.1 Å². The molecule has 1 aromatic carbocycles. The molecular weight excluding hydrogens is 288 g/mol. The molecule has 1 spiro atoms. The van der Waals surface area contributed by atoms with Crippen molar-refractivity contribution in [1.29, 1.82) is 0 Å². The zero-order valence-corrected chi connectivity index (χ0v) is 12.8. The summed E-state index contributed by atoms with van der Waals surface area (Å²) < 4.78 is -0.0503. The van der Waals surface area contributed by atoms with Crippen molar-refractivity contribution in [3.05, 3.63) is 35.4 Å². The second-order valence-electron chi connectivity index (χ2n) is 5.72. The van der Waals surface area contributed by atoms with Crippen molar-refractivity contribution in [3.63, 3.8) is 0 Å². The topological polar surface area (TPSA) is 34.1 Å². The Morgan fingerprint density at radius 1 is 1.10 bits per heavy atom. The highest BCUT2D eigenvalue weighted by atomic mass is 32.2. The van der Waals surface area contributed by atoms with Gasteiger partial charge in [0.1, 0.15) is 5.78 Å². The fourth-order valence-corrected chi connectivity index (χ4v) is 7.66. The van der Waals surface area contributed by atoms with E-state index in [4.69, 9.17) is 0 Å². The van der Waals surface area contributed by atoms with Gasteiger partial charge in [-0.3, -0.25) is 9.59 Å². The summed E-state index contributed by atoms with van der Waals surface area (Å²) in [6.45, 7) is 0. The van der Waals surface area contributed by atoms with Crippen molar-refractivity contribution >= 4 is 35.1 Å². The molecule has 0 aromatic heterocycles. The molecule has 4 heteroatoms. The van der Waals surface area contributed by atoms with Crippen LogP contribution in [0.5, 0.6) is 0 Å². The van der Waals surface area contributed by atoms with Crippen LogP contribution in [0.4, 0.5) is 0 Å². The SMILES string of the molecule is O=C1CCCC2C1C(=O)c1ccccc1C21SCCS1. The molecular formula is C16H16O2S2. The molecule has 2 fully saturated rings. The summed E-state index contributed by atoms with van der Waals surface area (Å²) in [5, 5.41) is 0. The minimum atomic E-state index is -0.378. The molecule has 1 saturated heterocycles. The number of Topliss-reactive ketones (excluding diaryl/α,β-unsaturated/α-hetero) is 2.